The molecule has 96 valence electrons. The van der Waals surface area contributed by atoms with Gasteiger partial charge in [-0.1, -0.05) is 18.2 Å². The number of benzene rings is 1. The lowest BCUT2D eigenvalue weighted by Crippen LogP contribution is -2.27. The van der Waals surface area contributed by atoms with E-state index in [-0.39, 0.29) is 0 Å². The highest BCUT2D eigenvalue weighted by Crippen LogP contribution is 2.14. The maximum absolute atomic E-state index is 11.5. The highest BCUT2D eigenvalue weighted by Gasteiger charge is 2.15. The van der Waals surface area contributed by atoms with Gasteiger partial charge in [-0.2, -0.15) is 0 Å². The Balaban J connectivity index is 2.70. The molecule has 0 spiro atoms. The summed E-state index contributed by atoms with van der Waals surface area (Å²) in [6.07, 6.45) is 3.26. The van der Waals surface area contributed by atoms with Crippen molar-refractivity contribution < 1.29 is 14.3 Å². The molecule has 18 heavy (non-hydrogen) atoms. The molecule has 0 aliphatic carbocycles. The summed E-state index contributed by atoms with van der Waals surface area (Å²) >= 11 is 0. The van der Waals surface area contributed by atoms with Crippen LogP contribution in [0, 0.1) is 0 Å². The number of hydrogen-bond acceptors (Lipinski definition) is 3. The molecule has 0 fully saturated rings. The minimum atomic E-state index is -0.529. The summed E-state index contributed by atoms with van der Waals surface area (Å²) in [7, 11) is 0. The van der Waals surface area contributed by atoms with Crippen molar-refractivity contribution in [3.8, 4) is 0 Å². The van der Waals surface area contributed by atoms with Gasteiger partial charge in [-0.25, -0.2) is 4.79 Å². The van der Waals surface area contributed by atoms with E-state index in [4.69, 9.17) is 4.74 Å². The van der Waals surface area contributed by atoms with E-state index in [2.05, 4.69) is 5.32 Å². The normalized spacial score (nSPS) is 11.3. The number of amides is 1. The van der Waals surface area contributed by atoms with Gasteiger partial charge in [-0.05, 0) is 44.5 Å². The molecule has 1 amide bonds. The second-order valence-corrected chi connectivity index (χ2v) is 4.75. The fraction of sp³-hybridized carbons (Fsp3) is 0.286. The van der Waals surface area contributed by atoms with E-state index >= 15 is 0 Å². The number of rotatable bonds is 3. The molecule has 0 aromatic heterocycles. The Morgan fingerprint density at radius 2 is 2.06 bits per heavy atom. The van der Waals surface area contributed by atoms with Crippen LogP contribution in [-0.4, -0.2) is 18.0 Å². The first-order valence-electron chi connectivity index (χ1n) is 5.62. The lowest BCUT2D eigenvalue weighted by atomic mass is 10.2. The van der Waals surface area contributed by atoms with Crippen molar-refractivity contribution in [2.45, 2.75) is 26.4 Å². The first kappa shape index (κ1) is 14.0. The Hall–Kier alpha value is -2.10. The van der Waals surface area contributed by atoms with Crippen LogP contribution < -0.4 is 5.32 Å². The maximum atomic E-state index is 11.5. The number of ether oxygens (including phenoxy) is 1. The predicted octanol–water partition coefficient (Wildman–Crippen LogP) is 3.25. The van der Waals surface area contributed by atoms with E-state index in [1.807, 2.05) is 6.07 Å². The Morgan fingerprint density at radius 1 is 1.33 bits per heavy atom. The summed E-state index contributed by atoms with van der Waals surface area (Å²) in [6.45, 7) is 5.40. The molecule has 0 saturated heterocycles. The van der Waals surface area contributed by atoms with Gasteiger partial charge in [-0.15, -0.1) is 0 Å². The van der Waals surface area contributed by atoms with Crippen LogP contribution in [0.4, 0.5) is 10.5 Å². The Labute approximate surface area is 107 Å². The van der Waals surface area contributed by atoms with Crippen molar-refractivity contribution in [2.75, 3.05) is 5.32 Å². The first-order chi connectivity index (χ1) is 8.40. The van der Waals surface area contributed by atoms with Crippen LogP contribution in [-0.2, 0) is 9.53 Å². The third-order valence-corrected chi connectivity index (χ3v) is 1.90. The predicted molar refractivity (Wildman–Crippen MR) is 71.4 cm³/mol. The molecule has 1 rings (SSSR count). The second kappa shape index (κ2) is 6.00. The number of anilines is 1. The molecule has 0 saturated carbocycles. The zero-order valence-corrected chi connectivity index (χ0v) is 10.8. The minimum absolute atomic E-state index is 0.501. The van der Waals surface area contributed by atoms with Gasteiger partial charge in [0.1, 0.15) is 11.9 Å². The van der Waals surface area contributed by atoms with Crippen LogP contribution in [0.25, 0.3) is 6.08 Å². The van der Waals surface area contributed by atoms with Gasteiger partial charge in [-0.3, -0.25) is 10.1 Å². The molecular formula is C14H17NO3. The Bertz CT molecular complexity index is 458. The largest absolute Gasteiger partial charge is 0.444 e. The summed E-state index contributed by atoms with van der Waals surface area (Å²) in [5, 5.41) is 2.63. The number of carbonyl (C=O) groups is 2. The Morgan fingerprint density at radius 3 is 2.67 bits per heavy atom. The van der Waals surface area contributed by atoms with E-state index in [1.54, 1.807) is 45.0 Å². The molecule has 0 bridgehead atoms. The highest BCUT2D eigenvalue weighted by atomic mass is 16.6. The van der Waals surface area contributed by atoms with E-state index in [9.17, 15) is 9.59 Å². The third kappa shape index (κ3) is 5.30. The van der Waals surface area contributed by atoms with Crippen molar-refractivity contribution in [3.05, 3.63) is 35.9 Å². The van der Waals surface area contributed by atoms with Crippen molar-refractivity contribution in [2.24, 2.45) is 0 Å². The van der Waals surface area contributed by atoms with Gasteiger partial charge >= 0.3 is 6.09 Å². The van der Waals surface area contributed by atoms with E-state index < -0.39 is 11.7 Å². The summed E-state index contributed by atoms with van der Waals surface area (Å²) in [5.74, 6) is 0. The van der Waals surface area contributed by atoms with Gasteiger partial charge in [0.25, 0.3) is 0 Å². The molecule has 4 heteroatoms. The van der Waals surface area contributed by atoms with Crippen LogP contribution in [0.2, 0.25) is 0 Å². The topological polar surface area (TPSA) is 55.4 Å². The average molecular weight is 247 g/mol. The van der Waals surface area contributed by atoms with E-state index in [0.29, 0.717) is 12.0 Å². The van der Waals surface area contributed by atoms with Crippen molar-refractivity contribution in [1.82, 2.24) is 0 Å². The smallest absolute Gasteiger partial charge is 0.412 e. The minimum Gasteiger partial charge on any atom is -0.444 e. The fourth-order valence-electron chi connectivity index (χ4n) is 1.29. The lowest BCUT2D eigenvalue weighted by Gasteiger charge is -2.19. The fourth-order valence-corrected chi connectivity index (χ4v) is 1.29. The first-order valence-corrected chi connectivity index (χ1v) is 5.62. The molecule has 1 aromatic rings. The van der Waals surface area contributed by atoms with Gasteiger partial charge in [0.05, 0.1) is 0 Å². The second-order valence-electron chi connectivity index (χ2n) is 4.75. The third-order valence-electron chi connectivity index (χ3n) is 1.90. The van der Waals surface area contributed by atoms with Crippen LogP contribution >= 0.6 is 0 Å². The van der Waals surface area contributed by atoms with E-state index in [0.717, 1.165) is 5.56 Å². The number of aldehydes is 1. The van der Waals surface area contributed by atoms with Crippen LogP contribution in [0.15, 0.2) is 30.3 Å². The molecule has 1 aromatic carbocycles. The maximum Gasteiger partial charge on any atom is 0.412 e. The molecule has 0 heterocycles. The molecule has 0 aliphatic rings. The monoisotopic (exact) mass is 247 g/mol. The molecule has 1 N–H and O–H groups in total. The van der Waals surface area contributed by atoms with Crippen LogP contribution in [0.1, 0.15) is 26.3 Å². The van der Waals surface area contributed by atoms with Crippen molar-refractivity contribution >= 4 is 24.1 Å². The van der Waals surface area contributed by atoms with Crippen LogP contribution in [0.5, 0.6) is 0 Å². The SMILES string of the molecule is CC(C)(C)OC(=O)Nc1cccc(C=CC=O)c1. The van der Waals surface area contributed by atoms with Gasteiger partial charge in [0, 0.05) is 5.69 Å². The number of hydrogen-bond donors (Lipinski definition) is 1. The molecule has 0 radical (unpaired) electrons. The molecule has 0 aliphatic heterocycles. The van der Waals surface area contributed by atoms with Crippen LogP contribution in [0.3, 0.4) is 0 Å². The van der Waals surface area contributed by atoms with E-state index in [1.165, 1.54) is 6.08 Å². The number of allylic oxidation sites excluding steroid dienone is 1. The zero-order valence-electron chi connectivity index (χ0n) is 10.8. The summed E-state index contributed by atoms with van der Waals surface area (Å²) in [6, 6.07) is 7.13. The summed E-state index contributed by atoms with van der Waals surface area (Å²) in [5.41, 5.74) is 0.923. The number of nitrogens with one attached hydrogen (secondary N) is 1. The zero-order chi connectivity index (χ0) is 13.6. The molecular weight excluding hydrogens is 230 g/mol. The van der Waals surface area contributed by atoms with Gasteiger partial charge < -0.3 is 4.74 Å². The summed E-state index contributed by atoms with van der Waals surface area (Å²) in [4.78, 5) is 21.8. The molecule has 0 unspecified atom stereocenters. The highest BCUT2D eigenvalue weighted by molar-refractivity contribution is 5.85. The molecule has 0 atom stereocenters. The lowest BCUT2D eigenvalue weighted by molar-refractivity contribution is -0.104. The summed E-state index contributed by atoms with van der Waals surface area (Å²) < 4.78 is 5.14. The quantitative estimate of drug-likeness (QED) is 0.659. The van der Waals surface area contributed by atoms with Crippen molar-refractivity contribution in [1.29, 1.82) is 0 Å². The standard InChI is InChI=1S/C14H17NO3/c1-14(2,3)18-13(17)15-12-8-4-6-11(10-12)7-5-9-16/h4-10H,1-3H3,(H,15,17). The molecule has 4 nitrogen and oxygen atoms in total. The van der Waals surface area contributed by atoms with Gasteiger partial charge in [0.2, 0.25) is 0 Å². The Kier molecular flexibility index (Phi) is 4.66. The van der Waals surface area contributed by atoms with Crippen molar-refractivity contribution in [3.63, 3.8) is 0 Å². The average Bonchev–Trinajstić information content (AvgIpc) is 2.24. The number of carbonyl (C=O) groups excluding carboxylic acids is 2. The van der Waals surface area contributed by atoms with Gasteiger partial charge in [0.15, 0.2) is 0 Å².